The molecule has 456 valence electrons. The predicted molar refractivity (Wildman–Crippen MR) is 335 cm³/mol. The number of nitrogens with one attached hydrogen (secondary N) is 1. The molecule has 0 radical (unpaired) electrons. The summed E-state index contributed by atoms with van der Waals surface area (Å²) in [5.74, 6) is -0.558. The summed E-state index contributed by atoms with van der Waals surface area (Å²) in [5.41, 5.74) is 0. The fraction of sp³-hybridized carbons (Fsp3) is 0.824. The Kier molecular flexibility index (Phi) is 56.2. The van der Waals surface area contributed by atoms with Crippen LogP contribution in [0, 0.1) is 0 Å². The van der Waals surface area contributed by atoms with Crippen LogP contribution in [0.5, 0.6) is 0 Å². The van der Waals surface area contributed by atoms with Gasteiger partial charge in [0.2, 0.25) is 5.91 Å². The van der Waals surface area contributed by atoms with Crippen LogP contribution in [0.4, 0.5) is 0 Å². The van der Waals surface area contributed by atoms with Crippen LogP contribution in [0.3, 0.4) is 0 Å². The van der Waals surface area contributed by atoms with E-state index in [2.05, 4.69) is 74.7 Å². The normalized spacial score (nSPS) is 14.0. The zero-order chi connectivity index (χ0) is 57.2. The lowest BCUT2D eigenvalue weighted by Gasteiger charge is -2.30. The van der Waals surface area contributed by atoms with Gasteiger partial charge in [0, 0.05) is 12.8 Å². The van der Waals surface area contributed by atoms with Crippen LogP contribution in [-0.2, 0) is 27.9 Å². The maximum Gasteiger partial charge on any atom is 0.306 e. The second-order valence-corrected chi connectivity index (χ2v) is 25.0. The largest absolute Gasteiger partial charge is 0.756 e. The number of carbonyl (C=O) groups is 2. The number of likely N-dealkylation sites (N-methyl/N-ethyl adjacent to an activating group) is 1. The van der Waals surface area contributed by atoms with Gasteiger partial charge in [-0.3, -0.25) is 14.2 Å². The molecule has 0 aromatic rings. The maximum absolute atomic E-state index is 13.5. The molecule has 0 aromatic carbocycles. The van der Waals surface area contributed by atoms with Crippen LogP contribution in [0.15, 0.2) is 60.8 Å². The average Bonchev–Trinajstić information content (AvgIpc) is 3.40. The van der Waals surface area contributed by atoms with Gasteiger partial charge in [0.25, 0.3) is 7.82 Å². The Labute approximate surface area is 483 Å². The Balaban J connectivity index is 5.17. The molecule has 0 bridgehead atoms. The fourth-order valence-corrected chi connectivity index (χ4v) is 10.2. The number of ether oxygens (including phenoxy) is 1. The van der Waals surface area contributed by atoms with Gasteiger partial charge in [-0.25, -0.2) is 0 Å². The molecule has 1 amide bonds. The number of allylic oxidation sites excluding steroid dienone is 9. The van der Waals surface area contributed by atoms with Crippen molar-refractivity contribution in [1.29, 1.82) is 0 Å². The molecule has 0 aliphatic carbocycles. The highest BCUT2D eigenvalue weighted by Crippen LogP contribution is 2.38. The first-order valence-corrected chi connectivity index (χ1v) is 34.6. The van der Waals surface area contributed by atoms with E-state index in [-0.39, 0.29) is 24.9 Å². The minimum Gasteiger partial charge on any atom is -0.756 e. The number of hydrogen-bond acceptors (Lipinski definition) is 7. The standard InChI is InChI=1S/C68H127N2O7P/c1-7-10-13-16-19-22-25-28-30-32-33-34-35-36-37-39-41-43-46-49-52-55-58-61-68(72)77-66(59-56-53-50-47-44-27-24-21-18-15-12-9-3)65(64-76-78(73,74)75-63-62-70(4,5)6)69-67(71)60-57-54-51-48-45-42-40-38-31-29-26-23-20-17-14-11-8-2/h20,23,28-31,40,42,56,59,65-66H,7-19,21-22,24-27,32-39,41,43-55,57-58,60-64H2,1-6H3,(H-,69,71,73,74)/b23-20-,30-28+,31-29-,42-40-,59-56-. The van der Waals surface area contributed by atoms with Crippen LogP contribution < -0.4 is 10.2 Å². The molecule has 0 saturated carbocycles. The van der Waals surface area contributed by atoms with Crippen molar-refractivity contribution in [2.75, 3.05) is 40.9 Å². The summed E-state index contributed by atoms with van der Waals surface area (Å²) in [6.07, 6.45) is 73.4. The molecule has 0 rings (SSSR count). The first kappa shape index (κ1) is 75.7. The number of amides is 1. The summed E-state index contributed by atoms with van der Waals surface area (Å²) in [5, 5.41) is 3.02. The lowest BCUT2D eigenvalue weighted by molar-refractivity contribution is -0.870. The molecule has 78 heavy (non-hydrogen) atoms. The average molecular weight is 1120 g/mol. The third-order valence-corrected chi connectivity index (χ3v) is 15.6. The highest BCUT2D eigenvalue weighted by atomic mass is 31.2. The minimum atomic E-state index is -4.71. The Morgan fingerprint density at radius 3 is 1.21 bits per heavy atom. The second-order valence-electron chi connectivity index (χ2n) is 23.6. The SMILES string of the molecule is CCCCC/C=C\C/C=C\C/C=C\CCCCCCC(=O)NC(COP(=O)([O-])OCC[N+](C)(C)C)C(/C=C\CCCCCCCCCCCC)OC(=O)CCCCCCCCCCCCCCC/C=C/CCCCCCCC. The van der Waals surface area contributed by atoms with Gasteiger partial charge >= 0.3 is 5.97 Å². The van der Waals surface area contributed by atoms with E-state index in [1.165, 1.54) is 193 Å². The number of phosphoric ester groups is 1. The van der Waals surface area contributed by atoms with E-state index in [9.17, 15) is 19.0 Å². The van der Waals surface area contributed by atoms with E-state index in [1.54, 1.807) is 0 Å². The van der Waals surface area contributed by atoms with Crippen molar-refractivity contribution in [2.24, 2.45) is 0 Å². The summed E-state index contributed by atoms with van der Waals surface area (Å²) < 4.78 is 30.4. The first-order valence-electron chi connectivity index (χ1n) is 33.1. The van der Waals surface area contributed by atoms with Crippen molar-refractivity contribution in [3.63, 3.8) is 0 Å². The van der Waals surface area contributed by atoms with E-state index >= 15 is 0 Å². The van der Waals surface area contributed by atoms with Gasteiger partial charge in [-0.2, -0.15) is 0 Å². The zero-order valence-corrected chi connectivity index (χ0v) is 53.0. The van der Waals surface area contributed by atoms with Crippen molar-refractivity contribution in [2.45, 2.75) is 322 Å². The first-order chi connectivity index (χ1) is 37.9. The number of quaternary nitrogens is 1. The maximum atomic E-state index is 13.5. The van der Waals surface area contributed by atoms with Crippen LogP contribution in [0.25, 0.3) is 0 Å². The summed E-state index contributed by atoms with van der Waals surface area (Å²) in [7, 11) is 1.17. The van der Waals surface area contributed by atoms with Crippen molar-refractivity contribution >= 4 is 19.7 Å². The topological polar surface area (TPSA) is 114 Å². The number of rotatable bonds is 60. The molecule has 0 aliphatic heterocycles. The van der Waals surface area contributed by atoms with Crippen LogP contribution in [0.2, 0.25) is 0 Å². The van der Waals surface area contributed by atoms with Gasteiger partial charge in [0.05, 0.1) is 33.8 Å². The molecule has 3 atom stereocenters. The summed E-state index contributed by atoms with van der Waals surface area (Å²) in [6, 6.07) is -0.900. The van der Waals surface area contributed by atoms with E-state index in [4.69, 9.17) is 13.8 Å². The van der Waals surface area contributed by atoms with E-state index in [1.807, 2.05) is 33.3 Å². The van der Waals surface area contributed by atoms with Gasteiger partial charge < -0.3 is 28.5 Å². The van der Waals surface area contributed by atoms with E-state index in [0.717, 1.165) is 77.0 Å². The van der Waals surface area contributed by atoms with Crippen molar-refractivity contribution in [3.05, 3.63) is 60.8 Å². The molecule has 1 N–H and O–H groups in total. The number of hydrogen-bond donors (Lipinski definition) is 1. The van der Waals surface area contributed by atoms with E-state index in [0.29, 0.717) is 23.9 Å². The summed E-state index contributed by atoms with van der Waals surface area (Å²) >= 11 is 0. The Bertz CT molecular complexity index is 1520. The summed E-state index contributed by atoms with van der Waals surface area (Å²) in [4.78, 5) is 40.0. The molecule has 10 heteroatoms. The van der Waals surface area contributed by atoms with Gasteiger partial charge in [-0.15, -0.1) is 0 Å². The third-order valence-electron chi connectivity index (χ3n) is 14.7. The number of nitrogens with zero attached hydrogens (tertiary/aromatic N) is 1. The summed E-state index contributed by atoms with van der Waals surface area (Å²) in [6.45, 7) is 6.82. The number of carbonyl (C=O) groups excluding carboxylic acids is 2. The zero-order valence-electron chi connectivity index (χ0n) is 52.1. The predicted octanol–water partition coefficient (Wildman–Crippen LogP) is 20.0. The molecule has 0 aliphatic rings. The Morgan fingerprint density at radius 1 is 0.449 bits per heavy atom. The molecule has 0 heterocycles. The van der Waals surface area contributed by atoms with Crippen molar-refractivity contribution in [3.8, 4) is 0 Å². The third kappa shape index (κ3) is 58.4. The van der Waals surface area contributed by atoms with Gasteiger partial charge in [0.1, 0.15) is 19.3 Å². The minimum absolute atomic E-state index is 0.0273. The lowest BCUT2D eigenvalue weighted by Crippen LogP contribution is -2.47. The second kappa shape index (κ2) is 57.9. The highest BCUT2D eigenvalue weighted by Gasteiger charge is 2.27. The molecule has 0 aromatic heterocycles. The Hall–Kier alpha value is -2.29. The molecule has 0 fully saturated rings. The molecule has 9 nitrogen and oxygen atoms in total. The molecule has 0 spiro atoms. The van der Waals surface area contributed by atoms with E-state index < -0.39 is 26.6 Å². The molecular formula is C68H127N2O7P. The monoisotopic (exact) mass is 1110 g/mol. The van der Waals surface area contributed by atoms with Crippen molar-refractivity contribution in [1.82, 2.24) is 5.32 Å². The molecule has 0 saturated heterocycles. The fourth-order valence-electron chi connectivity index (χ4n) is 9.52. The lowest BCUT2D eigenvalue weighted by atomic mass is 10.0. The van der Waals surface area contributed by atoms with Crippen LogP contribution in [-0.4, -0.2) is 69.4 Å². The quantitative estimate of drug-likeness (QED) is 0.0212. The number of phosphoric acid groups is 1. The molecule has 3 unspecified atom stereocenters. The molecular weight excluding hydrogens is 988 g/mol. The smallest absolute Gasteiger partial charge is 0.306 e. The van der Waals surface area contributed by atoms with Gasteiger partial charge in [-0.05, 0) is 96.0 Å². The van der Waals surface area contributed by atoms with Crippen molar-refractivity contribution < 1.29 is 37.3 Å². The number of unbranched alkanes of at least 4 members (excludes halogenated alkanes) is 36. The highest BCUT2D eigenvalue weighted by molar-refractivity contribution is 7.45. The van der Waals surface area contributed by atoms with Gasteiger partial charge in [0.15, 0.2) is 0 Å². The van der Waals surface area contributed by atoms with Crippen LogP contribution in [0.1, 0.15) is 310 Å². The van der Waals surface area contributed by atoms with Gasteiger partial charge in [-0.1, -0.05) is 262 Å². The Morgan fingerprint density at radius 2 is 0.782 bits per heavy atom. The van der Waals surface area contributed by atoms with Crippen LogP contribution >= 0.6 is 7.82 Å². The number of esters is 1.